The molecule has 382 valence electrons. The number of aliphatic hydroxyl groups excluding tert-OH is 8. The molecule has 0 spiro atoms. The minimum Gasteiger partial charge on any atom is -0.394 e. The lowest BCUT2D eigenvalue weighted by Gasteiger charge is -2.43. The van der Waals surface area contributed by atoms with Crippen LogP contribution in [0.4, 0.5) is 5.95 Å². The highest BCUT2D eigenvalue weighted by atomic mass is 16.7. The Kier molecular flexibility index (Phi) is 19.5. The van der Waals surface area contributed by atoms with E-state index in [1.165, 1.54) is 11.5 Å². The van der Waals surface area contributed by atoms with E-state index in [0.717, 1.165) is 19.7 Å². The van der Waals surface area contributed by atoms with Gasteiger partial charge in [-0.3, -0.25) is 38.3 Å². The number of imidazole rings is 1. The Morgan fingerprint density at radius 3 is 2.25 bits per heavy atom. The van der Waals surface area contributed by atoms with Crippen molar-refractivity contribution in [3.05, 3.63) is 16.7 Å². The first kappa shape index (κ1) is 54.0. The van der Waals surface area contributed by atoms with Crippen molar-refractivity contribution in [2.24, 2.45) is 0 Å². The number of anilines is 1. The number of unbranched alkanes of at least 4 members (excludes halogenated alkanes) is 3. The molecular weight excluding hydrogens is 908 g/mol. The number of amides is 5. The summed E-state index contributed by atoms with van der Waals surface area (Å²) in [5, 5.41) is 95.8. The van der Waals surface area contributed by atoms with Crippen LogP contribution in [-0.4, -0.2) is 208 Å². The Bertz CT molecular complexity index is 2100. The van der Waals surface area contributed by atoms with Crippen LogP contribution in [0.1, 0.15) is 71.9 Å². The Hall–Kier alpha value is -4.98. The summed E-state index contributed by atoms with van der Waals surface area (Å²) in [4.78, 5) is 88.1. The SMILES string of the molecule is CCCCCC(O[C@@H]1O[C@H](CO)[C@@H](O)[C@H](O)[C@H]1NC(C)=O)C(=O)N[C@@H](CCCCNC(=O)CNC(=O)[C@H]1O[C@@H](C)[C@@H](O)[C@@H](O)[C@@H]1O)C(=O)NC[C@H]1O[C@@H](n2cnc3c(=O)[nH]c(N)nc32)[C@H](O)[C@@H]1O. The summed E-state index contributed by atoms with van der Waals surface area (Å²) in [6.45, 7) is 2.82. The third kappa shape index (κ3) is 13.2. The van der Waals surface area contributed by atoms with Crippen LogP contribution in [0.25, 0.3) is 11.2 Å². The molecule has 16 atom stereocenters. The summed E-state index contributed by atoms with van der Waals surface area (Å²) in [5.41, 5.74) is 4.88. The average molecular weight is 973 g/mol. The number of nitrogen functional groups attached to an aromatic ring is 1. The first-order valence-corrected chi connectivity index (χ1v) is 22.4. The fourth-order valence-electron chi connectivity index (χ4n) is 8.00. The summed E-state index contributed by atoms with van der Waals surface area (Å²) in [7, 11) is 0. The molecule has 0 saturated carbocycles. The second kappa shape index (κ2) is 24.5. The zero-order valence-electron chi connectivity index (χ0n) is 37.7. The zero-order chi connectivity index (χ0) is 50.0. The van der Waals surface area contributed by atoms with Gasteiger partial charge in [-0.1, -0.05) is 26.2 Å². The number of nitrogens with two attached hydrogens (primary N) is 1. The summed E-state index contributed by atoms with van der Waals surface area (Å²) >= 11 is 0. The molecule has 16 N–H and O–H groups in total. The highest BCUT2D eigenvalue weighted by Crippen LogP contribution is 2.31. The molecule has 0 aliphatic carbocycles. The van der Waals surface area contributed by atoms with Gasteiger partial charge in [0, 0.05) is 20.0 Å². The maximum atomic E-state index is 14.1. The van der Waals surface area contributed by atoms with Gasteiger partial charge in [0.1, 0.15) is 73.1 Å². The highest BCUT2D eigenvalue weighted by Gasteiger charge is 2.48. The molecule has 28 nitrogen and oxygen atoms in total. The first-order chi connectivity index (χ1) is 32.3. The third-order valence-corrected chi connectivity index (χ3v) is 11.9. The van der Waals surface area contributed by atoms with Gasteiger partial charge >= 0.3 is 0 Å². The van der Waals surface area contributed by atoms with E-state index in [-0.39, 0.29) is 49.3 Å². The van der Waals surface area contributed by atoms with Gasteiger partial charge in [-0.2, -0.15) is 4.98 Å². The number of carbonyl (C=O) groups excluding carboxylic acids is 5. The molecule has 5 rings (SSSR count). The number of fused-ring (bicyclic) bond motifs is 1. The molecule has 0 aromatic carbocycles. The zero-order valence-corrected chi connectivity index (χ0v) is 37.7. The van der Waals surface area contributed by atoms with Crippen LogP contribution in [0, 0.1) is 0 Å². The van der Waals surface area contributed by atoms with E-state index >= 15 is 0 Å². The number of hydrogen-bond donors (Lipinski definition) is 15. The first-order valence-electron chi connectivity index (χ1n) is 22.4. The molecule has 68 heavy (non-hydrogen) atoms. The van der Waals surface area contributed by atoms with Crippen molar-refractivity contribution < 1.29 is 83.8 Å². The van der Waals surface area contributed by atoms with Crippen molar-refractivity contribution in [2.45, 2.75) is 164 Å². The van der Waals surface area contributed by atoms with E-state index < -0.39 is 153 Å². The van der Waals surface area contributed by atoms with Crippen LogP contribution in [0.15, 0.2) is 11.1 Å². The number of nitrogens with zero attached hydrogens (tertiary/aromatic N) is 3. The molecular formula is C40H64N10O18. The molecule has 5 amide bonds. The second-order valence-corrected chi connectivity index (χ2v) is 17.0. The van der Waals surface area contributed by atoms with E-state index in [2.05, 4.69) is 41.5 Å². The van der Waals surface area contributed by atoms with Gasteiger partial charge in [-0.05, 0) is 32.6 Å². The van der Waals surface area contributed by atoms with Gasteiger partial charge in [0.2, 0.25) is 29.6 Å². The van der Waals surface area contributed by atoms with Crippen molar-refractivity contribution >= 4 is 46.6 Å². The van der Waals surface area contributed by atoms with E-state index in [0.29, 0.717) is 12.8 Å². The number of nitrogens with one attached hydrogen (secondary N) is 6. The van der Waals surface area contributed by atoms with Gasteiger partial charge in [0.05, 0.1) is 25.6 Å². The number of aromatic nitrogens is 4. The smallest absolute Gasteiger partial charge is 0.280 e. The van der Waals surface area contributed by atoms with Gasteiger partial charge < -0.3 is 92.1 Å². The van der Waals surface area contributed by atoms with Gasteiger partial charge in [-0.25, -0.2) is 4.98 Å². The standard InChI is InChI=1S/C40H64N10O18/c1-4-5-6-10-19(67-39-23(46-17(3)52)28(57)27(56)21(14-51)68-39)35(62)47-18(9-7-8-11-42-22(53)13-44-37(64)32-30(59)29(58)25(54)16(2)65-32)34(61)43-12-20-26(55)31(60)38(66-20)50-15-45-24-33(50)48-40(41)49-36(24)63/h15-16,18-21,23,25-32,38-39,51,54-60H,4-14H2,1-3H3,(H,42,53)(H,43,61)(H,44,64)(H,46,52)(H,47,62)(H3,41,48,49,63)/t16-,18-,19?,20+,21+,23+,25+,26+,27+,28+,29+,30-,31+,32-,38+,39+/m0/s1. The fourth-order valence-corrected chi connectivity index (χ4v) is 8.00. The van der Waals surface area contributed by atoms with Gasteiger partial charge in [0.25, 0.3) is 11.5 Å². The van der Waals surface area contributed by atoms with Crippen molar-refractivity contribution in [1.82, 2.24) is 46.1 Å². The molecule has 28 heteroatoms. The Balaban J connectivity index is 1.25. The molecule has 0 radical (unpaired) electrons. The average Bonchev–Trinajstić information content (AvgIpc) is 3.85. The largest absolute Gasteiger partial charge is 0.394 e. The quantitative estimate of drug-likeness (QED) is 0.0488. The number of aliphatic hydroxyl groups is 8. The van der Waals surface area contributed by atoms with E-state index in [1.807, 2.05) is 6.92 Å². The normalized spacial score (nSPS) is 31.4. The number of hydrogen-bond acceptors (Lipinski definition) is 21. The van der Waals surface area contributed by atoms with Crippen LogP contribution < -0.4 is 37.9 Å². The van der Waals surface area contributed by atoms with Crippen molar-refractivity contribution in [2.75, 3.05) is 32.0 Å². The molecule has 3 aliphatic heterocycles. The molecule has 0 bridgehead atoms. The van der Waals surface area contributed by atoms with E-state index in [1.54, 1.807) is 0 Å². The molecule has 3 aliphatic rings. The van der Waals surface area contributed by atoms with Crippen LogP contribution in [0.3, 0.4) is 0 Å². The van der Waals surface area contributed by atoms with Crippen molar-refractivity contribution in [1.29, 1.82) is 0 Å². The summed E-state index contributed by atoms with van der Waals surface area (Å²) in [6, 6.07) is -2.70. The summed E-state index contributed by atoms with van der Waals surface area (Å²) in [5.74, 6) is -3.99. The minimum absolute atomic E-state index is 0.0324. The number of H-pyrrole nitrogens is 1. The maximum absolute atomic E-state index is 14.1. The van der Waals surface area contributed by atoms with Crippen LogP contribution >= 0.6 is 0 Å². The number of aromatic amines is 1. The molecule has 3 fully saturated rings. The Morgan fingerprint density at radius 1 is 0.853 bits per heavy atom. The topological polar surface area (TPSA) is 434 Å². The monoisotopic (exact) mass is 972 g/mol. The van der Waals surface area contributed by atoms with Crippen LogP contribution in [0.5, 0.6) is 0 Å². The summed E-state index contributed by atoms with van der Waals surface area (Å²) in [6.07, 6.45) is -17.2. The molecule has 1 unspecified atom stereocenters. The molecule has 5 heterocycles. The maximum Gasteiger partial charge on any atom is 0.280 e. The predicted octanol–water partition coefficient (Wildman–Crippen LogP) is -6.90. The Morgan fingerprint density at radius 2 is 1.56 bits per heavy atom. The van der Waals surface area contributed by atoms with E-state index in [4.69, 9.17) is 24.7 Å². The van der Waals surface area contributed by atoms with Gasteiger partial charge in [0.15, 0.2) is 29.8 Å². The number of rotatable bonds is 22. The fraction of sp³-hybridized carbons (Fsp3) is 0.750. The lowest BCUT2D eigenvalue weighted by atomic mass is 9.95. The molecule has 3 saturated heterocycles. The number of ether oxygens (including phenoxy) is 4. The highest BCUT2D eigenvalue weighted by molar-refractivity contribution is 5.89. The Labute approximate surface area is 388 Å². The second-order valence-electron chi connectivity index (χ2n) is 17.0. The lowest BCUT2D eigenvalue weighted by Crippen LogP contribution is -2.65. The third-order valence-electron chi connectivity index (χ3n) is 11.9. The van der Waals surface area contributed by atoms with Crippen LogP contribution in [0.2, 0.25) is 0 Å². The molecule has 2 aromatic rings. The lowest BCUT2D eigenvalue weighted by molar-refractivity contribution is -0.279. The minimum atomic E-state index is -1.75. The van der Waals surface area contributed by atoms with Crippen LogP contribution in [-0.2, 0) is 42.9 Å². The van der Waals surface area contributed by atoms with E-state index in [9.17, 15) is 69.6 Å². The molecule has 2 aromatic heterocycles. The van der Waals surface area contributed by atoms with Crippen molar-refractivity contribution in [3.63, 3.8) is 0 Å². The summed E-state index contributed by atoms with van der Waals surface area (Å²) < 4.78 is 24.2. The predicted molar refractivity (Wildman–Crippen MR) is 230 cm³/mol. The van der Waals surface area contributed by atoms with Gasteiger partial charge in [-0.15, -0.1) is 0 Å². The van der Waals surface area contributed by atoms with Crippen molar-refractivity contribution in [3.8, 4) is 0 Å². The number of carbonyl (C=O) groups is 5.